The van der Waals surface area contributed by atoms with Crippen LogP contribution in [0, 0.1) is 11.3 Å². The summed E-state index contributed by atoms with van der Waals surface area (Å²) in [5.41, 5.74) is -0.935. The molecule has 0 N–H and O–H groups in total. The van der Waals surface area contributed by atoms with Gasteiger partial charge in [0.15, 0.2) is 0 Å². The molecule has 0 fully saturated rings. The summed E-state index contributed by atoms with van der Waals surface area (Å²) in [5, 5.41) is 9.39. The minimum Gasteiger partial charge on any atom is -0.493 e. The zero-order valence-electron chi connectivity index (χ0n) is 9.43. The number of unbranched alkanes of at least 4 members (excludes halogenated alkanes) is 1. The minimum atomic E-state index is -4.52. The second-order valence-corrected chi connectivity index (χ2v) is 4.36. The molecule has 0 aliphatic rings. The number of ether oxygens (including phenoxy) is 1. The van der Waals surface area contributed by atoms with Crippen molar-refractivity contribution in [2.45, 2.75) is 19.0 Å². The molecular weight excluding hydrogens is 311 g/mol. The zero-order chi connectivity index (χ0) is 13.6. The van der Waals surface area contributed by atoms with Gasteiger partial charge in [-0.2, -0.15) is 18.4 Å². The third kappa shape index (κ3) is 4.22. The van der Waals surface area contributed by atoms with Crippen molar-refractivity contribution in [3.63, 3.8) is 0 Å². The van der Waals surface area contributed by atoms with E-state index in [0.29, 0.717) is 6.42 Å². The third-order valence-corrected chi connectivity index (χ3v) is 2.76. The molecule has 0 unspecified atom stereocenters. The van der Waals surface area contributed by atoms with E-state index in [4.69, 9.17) is 10.00 Å². The van der Waals surface area contributed by atoms with Crippen LogP contribution in [0.15, 0.2) is 18.2 Å². The quantitative estimate of drug-likeness (QED) is 0.603. The molecule has 1 aromatic rings. The number of alkyl halides is 4. The van der Waals surface area contributed by atoms with Crippen molar-refractivity contribution >= 4 is 15.9 Å². The predicted octanol–water partition coefficient (Wildman–Crippen LogP) is 4.13. The highest BCUT2D eigenvalue weighted by atomic mass is 79.9. The van der Waals surface area contributed by atoms with Gasteiger partial charge in [0, 0.05) is 5.33 Å². The molecule has 1 rings (SSSR count). The Balaban J connectivity index is 2.87. The van der Waals surface area contributed by atoms with Crippen LogP contribution in [0.5, 0.6) is 5.75 Å². The van der Waals surface area contributed by atoms with Crippen molar-refractivity contribution in [2.75, 3.05) is 11.9 Å². The highest BCUT2D eigenvalue weighted by molar-refractivity contribution is 9.09. The summed E-state index contributed by atoms with van der Waals surface area (Å²) >= 11 is 3.23. The van der Waals surface area contributed by atoms with Crippen LogP contribution in [0.25, 0.3) is 0 Å². The number of hydrogen-bond acceptors (Lipinski definition) is 2. The first-order chi connectivity index (χ1) is 8.49. The normalized spacial score (nSPS) is 11.1. The Morgan fingerprint density at radius 3 is 2.56 bits per heavy atom. The molecule has 1 aromatic carbocycles. The molecule has 0 bridgehead atoms. The van der Waals surface area contributed by atoms with E-state index in [-0.39, 0.29) is 17.9 Å². The van der Waals surface area contributed by atoms with Crippen molar-refractivity contribution in [3.8, 4) is 11.8 Å². The topological polar surface area (TPSA) is 33.0 Å². The summed E-state index contributed by atoms with van der Waals surface area (Å²) in [7, 11) is 0. The van der Waals surface area contributed by atoms with Crippen LogP contribution in [0.3, 0.4) is 0 Å². The van der Waals surface area contributed by atoms with E-state index in [1.54, 1.807) is 6.07 Å². The van der Waals surface area contributed by atoms with Gasteiger partial charge >= 0.3 is 6.18 Å². The number of nitrogens with zero attached hydrogens (tertiary/aromatic N) is 1. The monoisotopic (exact) mass is 321 g/mol. The molecule has 0 radical (unpaired) electrons. The van der Waals surface area contributed by atoms with Crippen LogP contribution in [-0.4, -0.2) is 11.9 Å². The maximum atomic E-state index is 12.7. The van der Waals surface area contributed by atoms with Crippen molar-refractivity contribution in [2.24, 2.45) is 0 Å². The predicted molar refractivity (Wildman–Crippen MR) is 64.7 cm³/mol. The van der Waals surface area contributed by atoms with E-state index in [1.807, 2.05) is 0 Å². The van der Waals surface area contributed by atoms with E-state index >= 15 is 0 Å². The lowest BCUT2D eigenvalue weighted by atomic mass is 10.1. The molecule has 0 aliphatic carbocycles. The maximum Gasteiger partial charge on any atom is 0.420 e. The second kappa shape index (κ2) is 6.64. The second-order valence-electron chi connectivity index (χ2n) is 3.57. The van der Waals surface area contributed by atoms with Gasteiger partial charge in [-0.25, -0.2) is 0 Å². The molecule has 0 amide bonds. The van der Waals surface area contributed by atoms with Gasteiger partial charge in [-0.1, -0.05) is 15.9 Å². The average Bonchev–Trinajstić information content (AvgIpc) is 2.33. The lowest BCUT2D eigenvalue weighted by molar-refractivity contribution is -0.139. The van der Waals surface area contributed by atoms with Crippen LogP contribution in [0.2, 0.25) is 0 Å². The zero-order valence-corrected chi connectivity index (χ0v) is 11.0. The van der Waals surface area contributed by atoms with Crippen LogP contribution in [0.1, 0.15) is 24.0 Å². The Morgan fingerprint density at radius 1 is 1.28 bits per heavy atom. The fourth-order valence-corrected chi connectivity index (χ4v) is 1.72. The van der Waals surface area contributed by atoms with Crippen molar-refractivity contribution in [3.05, 3.63) is 29.3 Å². The summed E-state index contributed by atoms with van der Waals surface area (Å²) in [4.78, 5) is 0. The average molecular weight is 322 g/mol. The van der Waals surface area contributed by atoms with Crippen molar-refractivity contribution < 1.29 is 17.9 Å². The van der Waals surface area contributed by atoms with E-state index in [0.717, 1.165) is 17.8 Å². The lowest BCUT2D eigenvalue weighted by Crippen LogP contribution is -2.10. The van der Waals surface area contributed by atoms with Gasteiger partial charge in [0.25, 0.3) is 0 Å². The highest BCUT2D eigenvalue weighted by Crippen LogP contribution is 2.36. The van der Waals surface area contributed by atoms with Crippen LogP contribution >= 0.6 is 15.9 Å². The number of rotatable bonds is 5. The molecule has 98 valence electrons. The number of benzene rings is 1. The van der Waals surface area contributed by atoms with Crippen LogP contribution in [0.4, 0.5) is 13.2 Å². The molecule has 0 saturated carbocycles. The Kier molecular flexibility index (Phi) is 5.48. The first-order valence-corrected chi connectivity index (χ1v) is 6.41. The largest absolute Gasteiger partial charge is 0.493 e. The Bertz CT molecular complexity index is 440. The number of hydrogen-bond donors (Lipinski definition) is 0. The van der Waals surface area contributed by atoms with Gasteiger partial charge < -0.3 is 4.74 Å². The van der Waals surface area contributed by atoms with Crippen LogP contribution in [-0.2, 0) is 6.18 Å². The number of halogens is 4. The van der Waals surface area contributed by atoms with Gasteiger partial charge in [-0.05, 0) is 31.0 Å². The summed E-state index contributed by atoms with van der Waals surface area (Å²) in [6, 6.07) is 4.99. The van der Waals surface area contributed by atoms with Gasteiger partial charge in [0.2, 0.25) is 0 Å². The van der Waals surface area contributed by atoms with E-state index in [2.05, 4.69) is 15.9 Å². The summed E-state index contributed by atoms with van der Waals surface area (Å²) in [6.07, 6.45) is -3.02. The SMILES string of the molecule is N#Cc1ccc(OCCCCBr)c(C(F)(F)F)c1. The first kappa shape index (κ1) is 14.8. The molecule has 0 spiro atoms. The third-order valence-electron chi connectivity index (χ3n) is 2.20. The van der Waals surface area contributed by atoms with E-state index in [1.165, 1.54) is 12.1 Å². The molecule has 6 heteroatoms. The van der Waals surface area contributed by atoms with Gasteiger partial charge in [-0.3, -0.25) is 0 Å². The van der Waals surface area contributed by atoms with Crippen molar-refractivity contribution in [1.29, 1.82) is 5.26 Å². The van der Waals surface area contributed by atoms with Crippen molar-refractivity contribution in [1.82, 2.24) is 0 Å². The summed E-state index contributed by atoms with van der Waals surface area (Å²) in [5.74, 6) is -0.226. The molecular formula is C12H11BrF3NO. The Labute approximate surface area is 111 Å². The molecule has 0 heterocycles. The van der Waals surface area contributed by atoms with Gasteiger partial charge in [0.1, 0.15) is 5.75 Å². The van der Waals surface area contributed by atoms with Gasteiger partial charge in [0.05, 0.1) is 23.8 Å². The molecule has 18 heavy (non-hydrogen) atoms. The summed E-state index contributed by atoms with van der Waals surface area (Å²) in [6.45, 7) is 0.223. The maximum absolute atomic E-state index is 12.7. The fourth-order valence-electron chi connectivity index (χ4n) is 1.33. The minimum absolute atomic E-state index is 0.0323. The molecule has 0 aliphatic heterocycles. The Morgan fingerprint density at radius 2 is 2.00 bits per heavy atom. The fraction of sp³-hybridized carbons (Fsp3) is 0.417. The molecule has 0 aromatic heterocycles. The Hall–Kier alpha value is -1.22. The van der Waals surface area contributed by atoms with Crippen LogP contribution < -0.4 is 4.74 Å². The molecule has 0 saturated heterocycles. The first-order valence-electron chi connectivity index (χ1n) is 5.29. The molecule has 2 nitrogen and oxygen atoms in total. The van der Waals surface area contributed by atoms with E-state index in [9.17, 15) is 13.2 Å². The van der Waals surface area contributed by atoms with Gasteiger partial charge in [-0.15, -0.1) is 0 Å². The molecule has 0 atom stereocenters. The van der Waals surface area contributed by atoms with E-state index < -0.39 is 11.7 Å². The summed E-state index contributed by atoms with van der Waals surface area (Å²) < 4.78 is 43.3. The smallest absolute Gasteiger partial charge is 0.420 e. The lowest BCUT2D eigenvalue weighted by Gasteiger charge is -2.14. The number of nitriles is 1. The highest BCUT2D eigenvalue weighted by Gasteiger charge is 2.34. The standard InChI is InChI=1S/C12H11BrF3NO/c13-5-1-2-6-18-11-4-3-9(8-17)7-10(11)12(14,15)16/h3-4,7H,1-2,5-6H2.